The molecule has 3 N–H and O–H groups in total. The van der Waals surface area contributed by atoms with Gasteiger partial charge in [-0.1, -0.05) is 47.6 Å². The lowest BCUT2D eigenvalue weighted by Gasteiger charge is -2.09. The summed E-state index contributed by atoms with van der Waals surface area (Å²) in [6.07, 6.45) is 0.0482. The third-order valence-corrected chi connectivity index (χ3v) is 4.71. The Morgan fingerprint density at radius 1 is 1.12 bits per heavy atom. The zero-order chi connectivity index (χ0) is 17.1. The number of hydrogen-bond acceptors (Lipinski definition) is 4. The molecule has 0 aromatic heterocycles. The van der Waals surface area contributed by atoms with Crippen molar-refractivity contribution in [1.29, 1.82) is 0 Å². The number of amides is 2. The third kappa shape index (κ3) is 3.96. The van der Waals surface area contributed by atoms with Crippen LogP contribution in [0, 0.1) is 0 Å². The second kappa shape index (κ2) is 7.07. The van der Waals surface area contributed by atoms with Gasteiger partial charge in [0.25, 0.3) is 5.91 Å². The quantitative estimate of drug-likeness (QED) is 0.877. The smallest absolute Gasteiger partial charge is 0.262 e. The Kier molecular flexibility index (Phi) is 4.87. The molecule has 0 unspecified atom stereocenters. The van der Waals surface area contributed by atoms with Gasteiger partial charge in [0.15, 0.2) is 5.17 Å². The van der Waals surface area contributed by atoms with E-state index in [1.807, 2.05) is 48.5 Å². The second-order valence-corrected chi connectivity index (χ2v) is 6.89. The number of nitrogens with two attached hydrogens (primary N) is 1. The van der Waals surface area contributed by atoms with E-state index >= 15 is 0 Å². The van der Waals surface area contributed by atoms with E-state index in [-0.39, 0.29) is 23.4 Å². The molecule has 3 rings (SSSR count). The number of aliphatic imine (C=N–C) groups is 1. The predicted molar refractivity (Wildman–Crippen MR) is 98.1 cm³/mol. The lowest BCUT2D eigenvalue weighted by atomic mass is 10.1. The Bertz CT molecular complexity index is 804. The minimum absolute atomic E-state index is 0.0482. The average Bonchev–Trinajstić information content (AvgIpc) is 2.86. The van der Waals surface area contributed by atoms with Gasteiger partial charge in [0.2, 0.25) is 5.91 Å². The van der Waals surface area contributed by atoms with E-state index in [2.05, 4.69) is 10.3 Å². The van der Waals surface area contributed by atoms with Crippen molar-refractivity contribution in [3.8, 4) is 11.1 Å². The molecule has 2 aromatic rings. The molecule has 2 aromatic carbocycles. The number of amidine groups is 1. The maximum Gasteiger partial charge on any atom is 0.262 e. The van der Waals surface area contributed by atoms with Crippen LogP contribution in [0.3, 0.4) is 0 Å². The van der Waals surface area contributed by atoms with E-state index in [4.69, 9.17) is 17.3 Å². The predicted octanol–water partition coefficient (Wildman–Crippen LogP) is 3.29. The Morgan fingerprint density at radius 3 is 2.25 bits per heavy atom. The van der Waals surface area contributed by atoms with Gasteiger partial charge in [-0.15, -0.1) is 0 Å². The van der Waals surface area contributed by atoms with E-state index < -0.39 is 5.25 Å². The summed E-state index contributed by atoms with van der Waals surface area (Å²) < 4.78 is 0. The summed E-state index contributed by atoms with van der Waals surface area (Å²) in [4.78, 5) is 27.2. The third-order valence-electron chi connectivity index (χ3n) is 3.48. The van der Waals surface area contributed by atoms with Crippen LogP contribution in [-0.2, 0) is 9.59 Å². The molecule has 2 amide bonds. The highest BCUT2D eigenvalue weighted by Gasteiger charge is 2.29. The normalized spacial score (nSPS) is 16.8. The first-order valence-corrected chi connectivity index (χ1v) is 8.47. The van der Waals surface area contributed by atoms with Crippen LogP contribution in [0.15, 0.2) is 53.5 Å². The molecule has 5 nitrogen and oxygen atoms in total. The van der Waals surface area contributed by atoms with Crippen LogP contribution in [-0.4, -0.2) is 22.2 Å². The largest absolute Gasteiger partial charge is 0.378 e. The van der Waals surface area contributed by atoms with Crippen LogP contribution in [0.4, 0.5) is 5.69 Å². The van der Waals surface area contributed by atoms with Gasteiger partial charge in [0.05, 0.1) is 0 Å². The van der Waals surface area contributed by atoms with Crippen LogP contribution < -0.4 is 11.1 Å². The van der Waals surface area contributed by atoms with Gasteiger partial charge < -0.3 is 11.1 Å². The molecule has 1 aliphatic heterocycles. The molecule has 0 fully saturated rings. The highest BCUT2D eigenvalue weighted by molar-refractivity contribution is 8.15. The van der Waals surface area contributed by atoms with E-state index in [9.17, 15) is 9.59 Å². The van der Waals surface area contributed by atoms with Crippen LogP contribution >= 0.6 is 23.4 Å². The zero-order valence-electron chi connectivity index (χ0n) is 12.5. The molecule has 24 heavy (non-hydrogen) atoms. The number of rotatable bonds is 4. The lowest BCUT2D eigenvalue weighted by molar-refractivity contribution is -0.121. The van der Waals surface area contributed by atoms with Gasteiger partial charge in [-0.2, -0.15) is 4.99 Å². The van der Waals surface area contributed by atoms with Gasteiger partial charge >= 0.3 is 0 Å². The minimum atomic E-state index is -0.529. The highest BCUT2D eigenvalue weighted by Crippen LogP contribution is 2.25. The Labute approximate surface area is 148 Å². The van der Waals surface area contributed by atoms with Crippen molar-refractivity contribution < 1.29 is 9.59 Å². The summed E-state index contributed by atoms with van der Waals surface area (Å²) in [5, 5.41) is 3.15. The van der Waals surface area contributed by atoms with Crippen LogP contribution in [0.5, 0.6) is 0 Å². The number of nitrogens with one attached hydrogen (secondary N) is 1. The van der Waals surface area contributed by atoms with Crippen LogP contribution in [0.1, 0.15) is 6.42 Å². The molecule has 1 atom stereocenters. The number of anilines is 1. The minimum Gasteiger partial charge on any atom is -0.378 e. The maximum absolute atomic E-state index is 12.0. The first-order chi connectivity index (χ1) is 11.5. The summed E-state index contributed by atoms with van der Waals surface area (Å²) in [5.41, 5.74) is 8.21. The van der Waals surface area contributed by atoms with Crippen molar-refractivity contribution in [3.63, 3.8) is 0 Å². The zero-order valence-corrected chi connectivity index (χ0v) is 14.1. The van der Waals surface area contributed by atoms with Gasteiger partial charge in [0, 0.05) is 17.1 Å². The Hall–Kier alpha value is -2.31. The van der Waals surface area contributed by atoms with E-state index in [1.165, 1.54) is 0 Å². The Balaban J connectivity index is 1.61. The number of thioether (sulfide) groups is 1. The molecule has 0 saturated carbocycles. The maximum atomic E-state index is 12.0. The first kappa shape index (κ1) is 16.5. The molecule has 0 aliphatic carbocycles. The summed E-state index contributed by atoms with van der Waals surface area (Å²) in [5.74, 6) is -0.601. The fourth-order valence-corrected chi connectivity index (χ4v) is 3.25. The van der Waals surface area contributed by atoms with Crippen molar-refractivity contribution in [2.75, 3.05) is 5.32 Å². The van der Waals surface area contributed by atoms with Crippen molar-refractivity contribution >= 4 is 46.0 Å². The Morgan fingerprint density at radius 2 is 1.71 bits per heavy atom. The molecular formula is C17H14ClN3O2S. The van der Waals surface area contributed by atoms with E-state index in [1.54, 1.807) is 0 Å². The topological polar surface area (TPSA) is 84.5 Å². The molecule has 0 bridgehead atoms. The number of carbonyl (C=O) groups is 2. The van der Waals surface area contributed by atoms with Crippen molar-refractivity contribution in [2.24, 2.45) is 10.7 Å². The second-order valence-electron chi connectivity index (χ2n) is 5.23. The van der Waals surface area contributed by atoms with E-state index in [0.717, 1.165) is 22.9 Å². The van der Waals surface area contributed by atoms with Gasteiger partial charge in [-0.05, 0) is 35.4 Å². The summed E-state index contributed by atoms with van der Waals surface area (Å²) >= 11 is 7.00. The standard InChI is InChI=1S/C17H14ClN3O2S/c18-12-5-1-10(2-6-12)11-3-7-13(8-4-11)20-15(22)9-14-16(23)21-17(19)24-14/h1-8,14H,9H2,(H,20,22)(H2,19,21,23)/t14-/m1/s1. The number of nitrogens with zero attached hydrogens (tertiary/aromatic N) is 1. The lowest BCUT2D eigenvalue weighted by Crippen LogP contribution is -2.21. The van der Waals surface area contributed by atoms with Crippen molar-refractivity contribution in [2.45, 2.75) is 11.7 Å². The van der Waals surface area contributed by atoms with Crippen LogP contribution in [0.25, 0.3) is 11.1 Å². The van der Waals surface area contributed by atoms with E-state index in [0.29, 0.717) is 10.7 Å². The van der Waals surface area contributed by atoms with Crippen molar-refractivity contribution in [3.05, 3.63) is 53.6 Å². The fraction of sp³-hybridized carbons (Fsp3) is 0.118. The number of benzene rings is 2. The molecule has 122 valence electrons. The molecular weight excluding hydrogens is 346 g/mol. The SMILES string of the molecule is NC1=NC(=O)[C@@H](CC(=O)Nc2ccc(-c3ccc(Cl)cc3)cc2)S1. The highest BCUT2D eigenvalue weighted by atomic mass is 35.5. The molecule has 1 aliphatic rings. The monoisotopic (exact) mass is 359 g/mol. The average molecular weight is 360 g/mol. The first-order valence-electron chi connectivity index (χ1n) is 7.22. The van der Waals surface area contributed by atoms with Gasteiger partial charge in [0.1, 0.15) is 5.25 Å². The number of carbonyl (C=O) groups excluding carboxylic acids is 2. The van der Waals surface area contributed by atoms with Crippen molar-refractivity contribution in [1.82, 2.24) is 0 Å². The summed E-state index contributed by atoms with van der Waals surface area (Å²) in [7, 11) is 0. The summed E-state index contributed by atoms with van der Waals surface area (Å²) in [6, 6.07) is 15.0. The van der Waals surface area contributed by atoms with Gasteiger partial charge in [-0.25, -0.2) is 0 Å². The summed E-state index contributed by atoms with van der Waals surface area (Å²) in [6.45, 7) is 0. The molecule has 0 saturated heterocycles. The van der Waals surface area contributed by atoms with Crippen LogP contribution in [0.2, 0.25) is 5.02 Å². The number of halogens is 1. The molecule has 0 spiro atoms. The molecule has 7 heteroatoms. The fourth-order valence-electron chi connectivity index (χ4n) is 2.30. The molecule has 1 heterocycles. The number of hydrogen-bond donors (Lipinski definition) is 2. The van der Waals surface area contributed by atoms with Gasteiger partial charge in [-0.3, -0.25) is 9.59 Å². The molecule has 0 radical (unpaired) electrons.